The lowest BCUT2D eigenvalue weighted by molar-refractivity contribution is 0.258. The van der Waals surface area contributed by atoms with Gasteiger partial charge in [-0.3, -0.25) is 4.90 Å². The molecule has 3 aromatic rings. The minimum atomic E-state index is -2.91. The van der Waals surface area contributed by atoms with E-state index in [9.17, 15) is 8.42 Å². The predicted molar refractivity (Wildman–Crippen MR) is 153 cm³/mol. The fraction of sp³-hybridized carbons (Fsp3) is 0.429. The van der Waals surface area contributed by atoms with Gasteiger partial charge in [-0.25, -0.2) is 13.4 Å². The van der Waals surface area contributed by atoms with Gasteiger partial charge in [0.15, 0.2) is 0 Å². The van der Waals surface area contributed by atoms with Gasteiger partial charge in [-0.05, 0) is 67.3 Å². The summed E-state index contributed by atoms with van der Waals surface area (Å²) in [5.41, 5.74) is 11.6. The van der Waals surface area contributed by atoms with Crippen LogP contribution in [0.3, 0.4) is 0 Å². The molecule has 0 bridgehead atoms. The van der Waals surface area contributed by atoms with Crippen LogP contribution in [-0.2, 0) is 29.3 Å². The summed E-state index contributed by atoms with van der Waals surface area (Å²) in [6.45, 7) is 6.38. The predicted octanol–water partition coefficient (Wildman–Crippen LogP) is 4.00. The Balaban J connectivity index is 1.26. The summed E-state index contributed by atoms with van der Waals surface area (Å²) in [6.07, 6.45) is 2.40. The highest BCUT2D eigenvalue weighted by atomic mass is 35.5. The normalized spacial score (nSPS) is 15.7. The Morgan fingerprint density at radius 2 is 1.79 bits per heavy atom. The van der Waals surface area contributed by atoms with E-state index in [0.717, 1.165) is 79.5 Å². The Morgan fingerprint density at radius 3 is 2.53 bits per heavy atom. The second kappa shape index (κ2) is 11.5. The van der Waals surface area contributed by atoms with E-state index in [4.69, 9.17) is 22.1 Å². The van der Waals surface area contributed by atoms with Crippen LogP contribution >= 0.6 is 11.6 Å². The summed E-state index contributed by atoms with van der Waals surface area (Å²) in [5.74, 6) is 2.50. The molecule has 0 radical (unpaired) electrons. The van der Waals surface area contributed by atoms with Crippen LogP contribution in [0.25, 0.3) is 11.3 Å². The molecule has 1 aromatic heterocycles. The number of ether oxygens (including phenoxy) is 1. The molecule has 1 saturated heterocycles. The number of aromatic nitrogens is 2. The first kappa shape index (κ1) is 26.7. The first-order valence-corrected chi connectivity index (χ1v) is 15.4. The molecular weight excluding hydrogens is 522 g/mol. The Labute approximate surface area is 229 Å². The number of nitrogen functional groups attached to an aromatic ring is 1. The molecular formula is C28H34ClN5O3S. The van der Waals surface area contributed by atoms with Crippen LogP contribution in [0.4, 0.5) is 11.8 Å². The third kappa shape index (κ3) is 6.22. The number of piperazine rings is 1. The van der Waals surface area contributed by atoms with Gasteiger partial charge in [0.2, 0.25) is 5.95 Å². The SMILES string of the molecule is CCS(=O)(=O)CCCN1CCN(c2nc(N)nc3c2CCc2cc(OCc4ccc(Cl)cc4)ccc2-3)CC1. The first-order chi connectivity index (χ1) is 18.3. The zero-order chi connectivity index (χ0) is 26.7. The molecule has 38 heavy (non-hydrogen) atoms. The van der Waals surface area contributed by atoms with Crippen molar-refractivity contribution in [2.75, 3.05) is 54.9 Å². The smallest absolute Gasteiger partial charge is 0.222 e. The molecule has 5 rings (SSSR count). The summed E-state index contributed by atoms with van der Waals surface area (Å²) in [6, 6.07) is 13.8. The van der Waals surface area contributed by atoms with Crippen molar-refractivity contribution >= 4 is 33.2 Å². The van der Waals surface area contributed by atoms with Gasteiger partial charge in [0.25, 0.3) is 0 Å². The van der Waals surface area contributed by atoms with E-state index in [1.165, 1.54) is 5.56 Å². The first-order valence-electron chi connectivity index (χ1n) is 13.2. The van der Waals surface area contributed by atoms with Crippen molar-refractivity contribution in [3.63, 3.8) is 0 Å². The molecule has 0 amide bonds. The molecule has 2 heterocycles. The number of nitrogens with two attached hydrogens (primary N) is 1. The van der Waals surface area contributed by atoms with Gasteiger partial charge in [0, 0.05) is 48.1 Å². The average Bonchev–Trinajstić information content (AvgIpc) is 2.92. The third-order valence-corrected chi connectivity index (χ3v) is 9.38. The summed E-state index contributed by atoms with van der Waals surface area (Å²) < 4.78 is 29.6. The average molecular weight is 556 g/mol. The molecule has 2 N–H and O–H groups in total. The molecule has 8 nitrogen and oxygen atoms in total. The van der Waals surface area contributed by atoms with Crippen molar-refractivity contribution in [2.45, 2.75) is 32.8 Å². The fourth-order valence-electron chi connectivity index (χ4n) is 5.14. The van der Waals surface area contributed by atoms with Gasteiger partial charge < -0.3 is 15.4 Å². The van der Waals surface area contributed by atoms with Crippen LogP contribution in [0.5, 0.6) is 5.75 Å². The molecule has 1 aliphatic heterocycles. The maximum atomic E-state index is 11.8. The van der Waals surface area contributed by atoms with Crippen LogP contribution in [0.15, 0.2) is 42.5 Å². The lowest BCUT2D eigenvalue weighted by atomic mass is 9.88. The monoisotopic (exact) mass is 555 g/mol. The van der Waals surface area contributed by atoms with E-state index >= 15 is 0 Å². The Morgan fingerprint density at radius 1 is 1.03 bits per heavy atom. The highest BCUT2D eigenvalue weighted by Crippen LogP contribution is 2.38. The van der Waals surface area contributed by atoms with Gasteiger partial charge >= 0.3 is 0 Å². The molecule has 2 aliphatic rings. The van der Waals surface area contributed by atoms with E-state index < -0.39 is 9.84 Å². The third-order valence-electron chi connectivity index (χ3n) is 7.34. The van der Waals surface area contributed by atoms with Crippen LogP contribution in [0, 0.1) is 0 Å². The quantitative estimate of drug-likeness (QED) is 0.423. The van der Waals surface area contributed by atoms with Gasteiger partial charge in [-0.2, -0.15) is 4.98 Å². The number of sulfone groups is 1. The van der Waals surface area contributed by atoms with Crippen molar-refractivity contribution in [1.82, 2.24) is 14.9 Å². The van der Waals surface area contributed by atoms with E-state index in [-0.39, 0.29) is 17.5 Å². The largest absolute Gasteiger partial charge is 0.489 e. The van der Waals surface area contributed by atoms with Crippen molar-refractivity contribution in [2.24, 2.45) is 0 Å². The maximum Gasteiger partial charge on any atom is 0.222 e. The standard InChI is InChI=1S/C28H34ClN5O3S/c1-2-38(35,36)17-3-12-33-13-15-34(16-14-33)27-25-10-6-21-18-23(37-19-20-4-7-22(29)8-5-20)9-11-24(21)26(25)31-28(30)32-27/h4-5,7-9,11,18H,2-3,6,10,12-17,19H2,1H3,(H2,30,31,32). The van der Waals surface area contributed by atoms with Crippen LogP contribution < -0.4 is 15.4 Å². The Kier molecular flexibility index (Phi) is 8.07. The number of hydrogen-bond donors (Lipinski definition) is 1. The van der Waals surface area contributed by atoms with E-state index in [1.807, 2.05) is 30.3 Å². The molecule has 1 aliphatic carbocycles. The van der Waals surface area contributed by atoms with E-state index in [2.05, 4.69) is 31.9 Å². The number of rotatable bonds is 9. The Hall–Kier alpha value is -2.88. The lowest BCUT2D eigenvalue weighted by Crippen LogP contribution is -2.47. The summed E-state index contributed by atoms with van der Waals surface area (Å²) >= 11 is 5.98. The minimum absolute atomic E-state index is 0.210. The number of benzene rings is 2. The summed E-state index contributed by atoms with van der Waals surface area (Å²) in [4.78, 5) is 13.9. The molecule has 10 heteroatoms. The number of halogens is 1. The maximum absolute atomic E-state index is 11.8. The van der Waals surface area contributed by atoms with Crippen molar-refractivity contribution < 1.29 is 13.2 Å². The van der Waals surface area contributed by atoms with Crippen molar-refractivity contribution in [3.05, 3.63) is 64.2 Å². The second-order valence-electron chi connectivity index (χ2n) is 9.89. The topological polar surface area (TPSA) is 102 Å². The number of nitrogens with zero attached hydrogens (tertiary/aromatic N) is 4. The highest BCUT2D eigenvalue weighted by Gasteiger charge is 2.27. The van der Waals surface area contributed by atoms with E-state index in [0.29, 0.717) is 18.1 Å². The summed E-state index contributed by atoms with van der Waals surface area (Å²) in [7, 11) is -2.91. The molecule has 2 aromatic carbocycles. The lowest BCUT2D eigenvalue weighted by Gasteiger charge is -2.37. The van der Waals surface area contributed by atoms with Gasteiger partial charge in [0.1, 0.15) is 28.0 Å². The van der Waals surface area contributed by atoms with Crippen LogP contribution in [0.1, 0.15) is 30.0 Å². The molecule has 202 valence electrons. The fourth-order valence-corrected chi connectivity index (χ4v) is 6.13. The van der Waals surface area contributed by atoms with Crippen molar-refractivity contribution in [1.29, 1.82) is 0 Å². The Bertz CT molecular complexity index is 1390. The highest BCUT2D eigenvalue weighted by molar-refractivity contribution is 7.91. The summed E-state index contributed by atoms with van der Waals surface area (Å²) in [5, 5.41) is 0.712. The van der Waals surface area contributed by atoms with Gasteiger partial charge in [-0.15, -0.1) is 0 Å². The van der Waals surface area contributed by atoms with Gasteiger partial charge in [0.05, 0.1) is 11.4 Å². The molecule has 0 unspecified atom stereocenters. The molecule has 1 fully saturated rings. The van der Waals surface area contributed by atoms with E-state index in [1.54, 1.807) is 6.92 Å². The molecule has 0 saturated carbocycles. The van der Waals surface area contributed by atoms with Gasteiger partial charge in [-0.1, -0.05) is 30.7 Å². The number of hydrogen-bond acceptors (Lipinski definition) is 8. The van der Waals surface area contributed by atoms with Crippen molar-refractivity contribution in [3.8, 4) is 17.0 Å². The second-order valence-corrected chi connectivity index (χ2v) is 12.8. The number of fused-ring (bicyclic) bond motifs is 3. The molecule has 0 spiro atoms. The number of anilines is 2. The van der Waals surface area contributed by atoms with Crippen LogP contribution in [-0.4, -0.2) is 67.5 Å². The number of aryl methyl sites for hydroxylation is 1. The zero-order valence-corrected chi connectivity index (χ0v) is 23.3. The zero-order valence-electron chi connectivity index (χ0n) is 21.7. The van der Waals surface area contributed by atoms with Crippen LogP contribution in [0.2, 0.25) is 5.02 Å². The minimum Gasteiger partial charge on any atom is -0.489 e. The molecule has 0 atom stereocenters.